The molecule has 1 fully saturated rings. The summed E-state index contributed by atoms with van der Waals surface area (Å²) in [5.41, 5.74) is 2.91. The van der Waals surface area contributed by atoms with Gasteiger partial charge in [0.05, 0.1) is 35.1 Å². The van der Waals surface area contributed by atoms with Crippen LogP contribution < -0.4 is 4.90 Å². The summed E-state index contributed by atoms with van der Waals surface area (Å²) in [6, 6.07) is 12.6. The molecule has 0 spiro atoms. The lowest BCUT2D eigenvalue weighted by atomic mass is 10.1. The first kappa shape index (κ1) is 20.8. The molecule has 8 heteroatoms. The Morgan fingerprint density at radius 1 is 1.30 bits per heavy atom. The molecule has 1 saturated heterocycles. The minimum Gasteiger partial charge on any atom is -0.379 e. The Hall–Kier alpha value is -2.50. The molecule has 154 valence electrons. The van der Waals surface area contributed by atoms with Crippen LogP contribution in [0.3, 0.4) is 0 Å². The van der Waals surface area contributed by atoms with Crippen molar-refractivity contribution < 1.29 is 9.53 Å². The molecule has 30 heavy (non-hydrogen) atoms. The Morgan fingerprint density at radius 3 is 2.73 bits per heavy atom. The number of benzene rings is 2. The number of amides is 1. The van der Waals surface area contributed by atoms with Gasteiger partial charge in [0, 0.05) is 36.8 Å². The molecular formula is C22H21ClN4O2S. The van der Waals surface area contributed by atoms with Crippen molar-refractivity contribution >= 4 is 44.2 Å². The van der Waals surface area contributed by atoms with Crippen molar-refractivity contribution in [1.82, 2.24) is 9.88 Å². The molecule has 6 nitrogen and oxygen atoms in total. The van der Waals surface area contributed by atoms with Crippen molar-refractivity contribution in [1.29, 1.82) is 5.26 Å². The number of anilines is 1. The molecule has 3 aromatic rings. The average molecular weight is 441 g/mol. The average Bonchev–Trinajstić information content (AvgIpc) is 3.18. The Bertz CT molecular complexity index is 1100. The topological polar surface area (TPSA) is 69.5 Å². The first-order valence-corrected chi connectivity index (χ1v) is 10.9. The number of morpholine rings is 1. The van der Waals surface area contributed by atoms with Gasteiger partial charge in [0.25, 0.3) is 5.91 Å². The molecule has 2 aromatic carbocycles. The van der Waals surface area contributed by atoms with Crippen LogP contribution in [-0.4, -0.2) is 55.2 Å². The summed E-state index contributed by atoms with van der Waals surface area (Å²) in [5, 5.41) is 10.3. The van der Waals surface area contributed by atoms with Crippen LogP contribution >= 0.6 is 22.9 Å². The van der Waals surface area contributed by atoms with Crippen LogP contribution in [0.15, 0.2) is 36.4 Å². The van der Waals surface area contributed by atoms with Gasteiger partial charge in [-0.1, -0.05) is 22.9 Å². The molecule has 1 aliphatic rings. The maximum atomic E-state index is 13.4. The smallest absolute Gasteiger partial charge is 0.260 e. The summed E-state index contributed by atoms with van der Waals surface area (Å²) >= 11 is 7.68. The number of fused-ring (bicyclic) bond motifs is 1. The van der Waals surface area contributed by atoms with E-state index in [9.17, 15) is 4.79 Å². The molecule has 0 radical (unpaired) electrons. The zero-order chi connectivity index (χ0) is 21.1. The number of nitriles is 1. The summed E-state index contributed by atoms with van der Waals surface area (Å²) < 4.78 is 6.38. The molecule has 1 amide bonds. The van der Waals surface area contributed by atoms with Crippen LogP contribution in [-0.2, 0) is 4.74 Å². The van der Waals surface area contributed by atoms with E-state index < -0.39 is 0 Å². The van der Waals surface area contributed by atoms with Crippen LogP contribution in [0.4, 0.5) is 5.13 Å². The highest BCUT2D eigenvalue weighted by Gasteiger charge is 2.23. The monoisotopic (exact) mass is 440 g/mol. The third kappa shape index (κ3) is 4.47. The predicted octanol–water partition coefficient (Wildman–Crippen LogP) is 4.11. The number of ether oxygens (including phenoxy) is 1. The van der Waals surface area contributed by atoms with Crippen LogP contribution in [0.1, 0.15) is 21.5 Å². The minimum atomic E-state index is -0.129. The summed E-state index contributed by atoms with van der Waals surface area (Å²) in [4.78, 5) is 22.2. The molecule has 0 N–H and O–H groups in total. The predicted molar refractivity (Wildman–Crippen MR) is 119 cm³/mol. The molecule has 0 saturated carbocycles. The Labute approximate surface area is 184 Å². The molecule has 0 unspecified atom stereocenters. The van der Waals surface area contributed by atoms with E-state index >= 15 is 0 Å². The zero-order valence-electron chi connectivity index (χ0n) is 16.6. The van der Waals surface area contributed by atoms with Gasteiger partial charge in [-0.3, -0.25) is 14.6 Å². The molecule has 0 aliphatic carbocycles. The van der Waals surface area contributed by atoms with Crippen molar-refractivity contribution in [2.75, 3.05) is 44.3 Å². The molecule has 0 atom stereocenters. The van der Waals surface area contributed by atoms with Gasteiger partial charge >= 0.3 is 0 Å². The molecule has 1 aromatic heterocycles. The second kappa shape index (κ2) is 9.11. The third-order valence-corrected chi connectivity index (χ3v) is 6.36. The van der Waals surface area contributed by atoms with Crippen molar-refractivity contribution in [3.63, 3.8) is 0 Å². The van der Waals surface area contributed by atoms with Crippen LogP contribution in [0, 0.1) is 18.3 Å². The van der Waals surface area contributed by atoms with E-state index in [-0.39, 0.29) is 5.91 Å². The number of hydrogen-bond donors (Lipinski definition) is 0. The first-order valence-electron chi connectivity index (χ1n) is 9.74. The fourth-order valence-electron chi connectivity index (χ4n) is 3.45. The van der Waals surface area contributed by atoms with E-state index in [1.54, 1.807) is 29.2 Å². The number of aryl methyl sites for hydroxylation is 1. The van der Waals surface area contributed by atoms with E-state index in [0.29, 0.717) is 41.0 Å². The van der Waals surface area contributed by atoms with Gasteiger partial charge in [0.2, 0.25) is 0 Å². The van der Waals surface area contributed by atoms with Crippen LogP contribution in [0.25, 0.3) is 10.2 Å². The van der Waals surface area contributed by atoms with Gasteiger partial charge in [-0.15, -0.1) is 0 Å². The number of nitrogens with zero attached hydrogens (tertiary/aromatic N) is 4. The van der Waals surface area contributed by atoms with Crippen LogP contribution in [0.5, 0.6) is 0 Å². The fraction of sp³-hybridized carbons (Fsp3) is 0.318. The molecule has 4 rings (SSSR count). The maximum Gasteiger partial charge on any atom is 0.260 e. The number of thiazole rings is 1. The van der Waals surface area contributed by atoms with Gasteiger partial charge in [-0.25, -0.2) is 4.98 Å². The van der Waals surface area contributed by atoms with E-state index in [1.807, 2.05) is 19.1 Å². The van der Waals surface area contributed by atoms with E-state index in [2.05, 4.69) is 11.0 Å². The highest BCUT2D eigenvalue weighted by molar-refractivity contribution is 7.22. The fourth-order valence-corrected chi connectivity index (χ4v) is 4.90. The Balaban J connectivity index is 1.66. The summed E-state index contributed by atoms with van der Waals surface area (Å²) in [7, 11) is 0. The Morgan fingerprint density at radius 2 is 2.03 bits per heavy atom. The highest BCUT2D eigenvalue weighted by Crippen LogP contribution is 2.33. The lowest BCUT2D eigenvalue weighted by Gasteiger charge is -2.29. The van der Waals surface area contributed by atoms with Gasteiger partial charge < -0.3 is 4.74 Å². The first-order chi connectivity index (χ1) is 14.5. The lowest BCUT2D eigenvalue weighted by Crippen LogP contribution is -2.43. The van der Waals surface area contributed by atoms with E-state index in [1.165, 1.54) is 11.3 Å². The van der Waals surface area contributed by atoms with Gasteiger partial charge in [-0.05, 0) is 48.9 Å². The minimum absolute atomic E-state index is 0.129. The Kier molecular flexibility index (Phi) is 6.30. The normalized spacial score (nSPS) is 14.6. The lowest BCUT2D eigenvalue weighted by molar-refractivity contribution is 0.0391. The number of rotatable bonds is 5. The number of hydrogen-bond acceptors (Lipinski definition) is 6. The molecule has 0 bridgehead atoms. The van der Waals surface area contributed by atoms with E-state index in [0.717, 1.165) is 35.4 Å². The van der Waals surface area contributed by atoms with Gasteiger partial charge in [0.1, 0.15) is 0 Å². The third-order valence-electron chi connectivity index (χ3n) is 5.12. The second-order valence-corrected chi connectivity index (χ2v) is 8.61. The summed E-state index contributed by atoms with van der Waals surface area (Å²) in [6.07, 6.45) is 0. The quantitative estimate of drug-likeness (QED) is 0.597. The number of aromatic nitrogens is 1. The van der Waals surface area contributed by atoms with Crippen molar-refractivity contribution in [3.05, 3.63) is 58.1 Å². The van der Waals surface area contributed by atoms with Crippen molar-refractivity contribution in [2.24, 2.45) is 0 Å². The maximum absolute atomic E-state index is 13.4. The van der Waals surface area contributed by atoms with Crippen molar-refractivity contribution in [3.8, 4) is 6.07 Å². The van der Waals surface area contributed by atoms with Crippen molar-refractivity contribution in [2.45, 2.75) is 6.92 Å². The second-order valence-electron chi connectivity index (χ2n) is 7.17. The van der Waals surface area contributed by atoms with Gasteiger partial charge in [-0.2, -0.15) is 5.26 Å². The van der Waals surface area contributed by atoms with Gasteiger partial charge in [0.15, 0.2) is 5.13 Å². The summed E-state index contributed by atoms with van der Waals surface area (Å²) in [6.45, 7) is 6.36. The number of carbonyl (C=O) groups is 1. The van der Waals surface area contributed by atoms with E-state index in [4.69, 9.17) is 26.6 Å². The molecule has 2 heterocycles. The SMILES string of the molecule is Cc1cc(Cl)cc2sc(N(CCN3CCOCC3)C(=O)c3ccc(C#N)cc3)nc12. The molecular weight excluding hydrogens is 420 g/mol. The molecule has 1 aliphatic heterocycles. The zero-order valence-corrected chi connectivity index (χ0v) is 18.2. The standard InChI is InChI=1S/C22H21ClN4O2S/c1-15-12-18(23)13-19-20(15)25-22(30-19)27(7-6-26-8-10-29-11-9-26)21(28)17-4-2-16(14-24)3-5-17/h2-5,12-13H,6-11H2,1H3. The summed E-state index contributed by atoms with van der Waals surface area (Å²) in [5.74, 6) is -0.129. The van der Waals surface area contributed by atoms with Crippen LogP contribution in [0.2, 0.25) is 5.02 Å². The number of halogens is 1. The highest BCUT2D eigenvalue weighted by atomic mass is 35.5. The largest absolute Gasteiger partial charge is 0.379 e. The number of carbonyl (C=O) groups excluding carboxylic acids is 1.